The third-order valence-electron chi connectivity index (χ3n) is 6.80. The lowest BCUT2D eigenvalue weighted by atomic mass is 10.0. The van der Waals surface area contributed by atoms with Gasteiger partial charge in [-0.1, -0.05) is 109 Å². The topological polar surface area (TPSA) is 52.6 Å². The molecule has 0 aliphatic heterocycles. The molecule has 2 aromatic rings. The van der Waals surface area contributed by atoms with E-state index in [-0.39, 0.29) is 23.3 Å². The molecule has 0 bridgehead atoms. The second-order valence-corrected chi connectivity index (χ2v) is 10.1. The van der Waals surface area contributed by atoms with Gasteiger partial charge < -0.3 is 9.47 Å². The van der Waals surface area contributed by atoms with Gasteiger partial charge in [0.15, 0.2) is 11.6 Å². The van der Waals surface area contributed by atoms with Crippen LogP contribution in [0.1, 0.15) is 130 Å². The Hall–Kier alpha value is -2.83. The fraction of sp³-hybridized carbons (Fsp3) is 0.562. The number of rotatable bonds is 20. The lowest BCUT2D eigenvalue weighted by molar-refractivity contribution is 0.0433. The largest absolute Gasteiger partial charge is 0.462 e. The molecule has 216 valence electrons. The zero-order chi connectivity index (χ0) is 28.3. The van der Waals surface area contributed by atoms with E-state index in [2.05, 4.69) is 6.92 Å². The number of unbranched alkanes of at least 4 members (excludes halogenated alkanes) is 14. The van der Waals surface area contributed by atoms with Gasteiger partial charge in [0, 0.05) is 11.6 Å². The van der Waals surface area contributed by atoms with Crippen molar-refractivity contribution in [3.05, 3.63) is 70.5 Å². The van der Waals surface area contributed by atoms with Gasteiger partial charge in [-0.3, -0.25) is 0 Å². The van der Waals surface area contributed by atoms with E-state index in [0.717, 1.165) is 19.3 Å². The fourth-order valence-electron chi connectivity index (χ4n) is 4.45. The van der Waals surface area contributed by atoms with E-state index in [4.69, 9.17) is 9.47 Å². The molecule has 0 atom stereocenters. The summed E-state index contributed by atoms with van der Waals surface area (Å²) in [6, 6.07) is 7.02. The summed E-state index contributed by atoms with van der Waals surface area (Å²) in [6.07, 6.45) is 18.7. The van der Waals surface area contributed by atoms with Crippen LogP contribution in [0.4, 0.5) is 13.2 Å². The number of halogens is 3. The maximum atomic E-state index is 13.8. The van der Waals surface area contributed by atoms with Crippen LogP contribution in [0.5, 0.6) is 0 Å². The van der Waals surface area contributed by atoms with Crippen molar-refractivity contribution in [1.82, 2.24) is 0 Å². The molecule has 0 fully saturated rings. The summed E-state index contributed by atoms with van der Waals surface area (Å²) in [5, 5.41) is 0. The van der Waals surface area contributed by atoms with Crippen molar-refractivity contribution in [2.24, 2.45) is 0 Å². The Balaban J connectivity index is 1.59. The first kappa shape index (κ1) is 32.4. The summed E-state index contributed by atoms with van der Waals surface area (Å²) in [5.74, 6) is -5.14. The monoisotopic (exact) mass is 548 g/mol. The van der Waals surface area contributed by atoms with E-state index >= 15 is 0 Å². The normalized spacial score (nSPS) is 11.0. The summed E-state index contributed by atoms with van der Waals surface area (Å²) in [5.41, 5.74) is -0.313. The molecule has 7 heteroatoms. The van der Waals surface area contributed by atoms with Gasteiger partial charge in [-0.25, -0.2) is 22.8 Å². The van der Waals surface area contributed by atoms with Crippen molar-refractivity contribution >= 4 is 11.9 Å². The van der Waals surface area contributed by atoms with Gasteiger partial charge in [-0.2, -0.15) is 0 Å². The predicted octanol–water partition coefficient (Wildman–Crippen LogP) is 9.49. The molecule has 0 unspecified atom stereocenters. The summed E-state index contributed by atoms with van der Waals surface area (Å²) in [4.78, 5) is 25.1. The van der Waals surface area contributed by atoms with Gasteiger partial charge in [-0.15, -0.1) is 0 Å². The number of hydrogen-bond donors (Lipinski definition) is 0. The zero-order valence-corrected chi connectivity index (χ0v) is 23.3. The summed E-state index contributed by atoms with van der Waals surface area (Å²) in [7, 11) is 0. The fourth-order valence-corrected chi connectivity index (χ4v) is 4.45. The molecule has 0 spiro atoms. The molecule has 0 aliphatic rings. The minimum Gasteiger partial charge on any atom is -0.462 e. The summed E-state index contributed by atoms with van der Waals surface area (Å²) < 4.78 is 50.7. The first-order valence-electron chi connectivity index (χ1n) is 14.5. The predicted molar refractivity (Wildman–Crippen MR) is 147 cm³/mol. The Morgan fingerprint density at radius 1 is 0.590 bits per heavy atom. The Morgan fingerprint density at radius 2 is 1.03 bits per heavy atom. The van der Waals surface area contributed by atoms with Crippen molar-refractivity contribution in [2.75, 3.05) is 6.61 Å². The molecule has 2 aromatic carbocycles. The second-order valence-electron chi connectivity index (χ2n) is 10.1. The average molecular weight is 549 g/mol. The SMILES string of the molecule is CCCCCCCCCCCCCCCCCOC(=O)c1ccccc1C(=O)OCc1cc(F)c(F)cc1F. The van der Waals surface area contributed by atoms with Crippen molar-refractivity contribution in [1.29, 1.82) is 0 Å². The Labute approximate surface area is 231 Å². The molecule has 0 saturated carbocycles. The zero-order valence-electron chi connectivity index (χ0n) is 23.3. The van der Waals surface area contributed by atoms with Crippen LogP contribution in [0.3, 0.4) is 0 Å². The number of esters is 2. The van der Waals surface area contributed by atoms with E-state index in [1.165, 1.54) is 89.2 Å². The summed E-state index contributed by atoms with van der Waals surface area (Å²) in [6.45, 7) is 1.89. The molecule has 0 aliphatic carbocycles. The molecular weight excluding hydrogens is 505 g/mol. The summed E-state index contributed by atoms with van der Waals surface area (Å²) >= 11 is 0. The maximum Gasteiger partial charge on any atom is 0.339 e. The van der Waals surface area contributed by atoms with Gasteiger partial charge in [-0.05, 0) is 24.6 Å². The minimum atomic E-state index is -1.33. The van der Waals surface area contributed by atoms with Crippen LogP contribution >= 0.6 is 0 Å². The third kappa shape index (κ3) is 12.7. The highest BCUT2D eigenvalue weighted by atomic mass is 19.2. The highest BCUT2D eigenvalue weighted by molar-refractivity contribution is 6.03. The van der Waals surface area contributed by atoms with Gasteiger partial charge in [0.25, 0.3) is 0 Å². The number of carbonyl (C=O) groups is 2. The molecular formula is C32H43F3O4. The lowest BCUT2D eigenvalue weighted by Gasteiger charge is -2.10. The van der Waals surface area contributed by atoms with Crippen LogP contribution in [-0.2, 0) is 16.1 Å². The van der Waals surface area contributed by atoms with Gasteiger partial charge >= 0.3 is 11.9 Å². The van der Waals surface area contributed by atoms with E-state index in [0.29, 0.717) is 12.1 Å². The molecule has 0 aromatic heterocycles. The molecule has 0 amide bonds. The Kier molecular flexibility index (Phi) is 16.0. The standard InChI is InChI=1S/C32H43F3O4/c1-2-3-4-5-6-7-8-9-10-11-12-13-14-15-18-21-38-31(36)26-19-16-17-20-27(26)32(37)39-24-25-22-29(34)30(35)23-28(25)33/h16-17,19-20,22-23H,2-15,18,21,24H2,1H3. The minimum absolute atomic E-state index is 0.0363. The quantitative estimate of drug-likeness (QED) is 0.0939. The van der Waals surface area contributed by atoms with Crippen molar-refractivity contribution < 1.29 is 32.2 Å². The van der Waals surface area contributed by atoms with E-state index in [1.54, 1.807) is 12.1 Å². The van der Waals surface area contributed by atoms with Gasteiger partial charge in [0.1, 0.15) is 12.4 Å². The maximum absolute atomic E-state index is 13.8. The van der Waals surface area contributed by atoms with Crippen LogP contribution in [0, 0.1) is 17.5 Å². The number of hydrogen-bond acceptors (Lipinski definition) is 4. The highest BCUT2D eigenvalue weighted by Crippen LogP contribution is 2.18. The Bertz CT molecular complexity index is 1010. The number of benzene rings is 2. The Morgan fingerprint density at radius 3 is 1.54 bits per heavy atom. The molecule has 0 N–H and O–H groups in total. The van der Waals surface area contributed by atoms with Crippen LogP contribution in [0.15, 0.2) is 36.4 Å². The average Bonchev–Trinajstić information content (AvgIpc) is 2.93. The van der Waals surface area contributed by atoms with Crippen LogP contribution in [-0.4, -0.2) is 18.5 Å². The van der Waals surface area contributed by atoms with Crippen LogP contribution < -0.4 is 0 Å². The number of ether oxygens (including phenoxy) is 2. The van der Waals surface area contributed by atoms with Gasteiger partial charge in [0.2, 0.25) is 0 Å². The third-order valence-corrected chi connectivity index (χ3v) is 6.80. The first-order chi connectivity index (χ1) is 18.9. The molecule has 4 nitrogen and oxygen atoms in total. The van der Waals surface area contributed by atoms with Crippen LogP contribution in [0.25, 0.3) is 0 Å². The van der Waals surface area contributed by atoms with Crippen LogP contribution in [0.2, 0.25) is 0 Å². The van der Waals surface area contributed by atoms with Crippen molar-refractivity contribution in [3.8, 4) is 0 Å². The molecule has 39 heavy (non-hydrogen) atoms. The van der Waals surface area contributed by atoms with E-state index < -0.39 is 36.0 Å². The smallest absolute Gasteiger partial charge is 0.339 e. The molecule has 0 heterocycles. The molecule has 2 rings (SSSR count). The first-order valence-corrected chi connectivity index (χ1v) is 14.5. The lowest BCUT2D eigenvalue weighted by Crippen LogP contribution is -2.15. The van der Waals surface area contributed by atoms with Crippen molar-refractivity contribution in [3.63, 3.8) is 0 Å². The van der Waals surface area contributed by atoms with Gasteiger partial charge in [0.05, 0.1) is 17.7 Å². The molecule has 0 saturated heterocycles. The van der Waals surface area contributed by atoms with E-state index in [1.807, 2.05) is 0 Å². The van der Waals surface area contributed by atoms with E-state index in [9.17, 15) is 22.8 Å². The highest BCUT2D eigenvalue weighted by Gasteiger charge is 2.20. The van der Waals surface area contributed by atoms with Crippen molar-refractivity contribution in [2.45, 2.75) is 110 Å². The second kappa shape index (κ2) is 19.3. The molecule has 0 radical (unpaired) electrons. The number of carbonyl (C=O) groups excluding carboxylic acids is 2.